The van der Waals surface area contributed by atoms with E-state index in [0.29, 0.717) is 16.3 Å². The molecule has 0 aromatic heterocycles. The number of anilines is 1. The fourth-order valence-electron chi connectivity index (χ4n) is 2.08. The van der Waals surface area contributed by atoms with Crippen LogP contribution in [-0.4, -0.2) is 29.0 Å². The van der Waals surface area contributed by atoms with E-state index in [1.54, 1.807) is 6.07 Å². The molecule has 0 aliphatic heterocycles. The molecule has 0 spiro atoms. The van der Waals surface area contributed by atoms with Crippen molar-refractivity contribution >= 4 is 23.4 Å². The zero-order chi connectivity index (χ0) is 17.5. The average Bonchev–Trinajstić information content (AvgIpc) is 2.60. The van der Waals surface area contributed by atoms with Gasteiger partial charge in [0, 0.05) is 22.8 Å². The van der Waals surface area contributed by atoms with E-state index in [4.69, 9.17) is 22.1 Å². The molecule has 0 fully saturated rings. The van der Waals surface area contributed by atoms with E-state index in [1.807, 2.05) is 30.3 Å². The molecule has 0 saturated carbocycles. The number of rotatable bonds is 6. The summed E-state index contributed by atoms with van der Waals surface area (Å²) in [6.45, 7) is -0.0761. The number of nitrogen functional groups attached to an aromatic ring is 1. The maximum absolute atomic E-state index is 11.6. The van der Waals surface area contributed by atoms with Crippen LogP contribution in [0.15, 0.2) is 48.5 Å². The lowest BCUT2D eigenvalue weighted by Gasteiger charge is -2.20. The molecule has 1 amide bonds. The maximum Gasteiger partial charge on any atom is 0.407 e. The molecular weight excluding hydrogens is 332 g/mol. The van der Waals surface area contributed by atoms with Crippen LogP contribution in [-0.2, 0) is 11.3 Å². The molecule has 0 heterocycles. The normalized spacial score (nSPS) is 13.1. The summed E-state index contributed by atoms with van der Waals surface area (Å²) in [4.78, 5) is 11.6. The number of amides is 1. The molecule has 128 valence electrons. The van der Waals surface area contributed by atoms with Gasteiger partial charge in [-0.25, -0.2) is 4.79 Å². The second-order valence-electron chi connectivity index (χ2n) is 5.23. The van der Waals surface area contributed by atoms with Gasteiger partial charge in [-0.15, -0.1) is 0 Å². The highest BCUT2D eigenvalue weighted by Gasteiger charge is 2.21. The predicted molar refractivity (Wildman–Crippen MR) is 91.5 cm³/mol. The van der Waals surface area contributed by atoms with Gasteiger partial charge in [0.1, 0.15) is 18.8 Å². The van der Waals surface area contributed by atoms with Crippen LogP contribution in [0.4, 0.5) is 10.5 Å². The van der Waals surface area contributed by atoms with Crippen LogP contribution in [0.2, 0.25) is 5.02 Å². The first-order chi connectivity index (χ1) is 11.5. The van der Waals surface area contributed by atoms with Gasteiger partial charge in [0.15, 0.2) is 0 Å². The van der Waals surface area contributed by atoms with Gasteiger partial charge in [0.25, 0.3) is 0 Å². The van der Waals surface area contributed by atoms with Gasteiger partial charge in [-0.1, -0.05) is 41.9 Å². The molecule has 6 nitrogen and oxygen atoms in total. The number of alkyl carbamates (subject to hydrolysis) is 1. The molecule has 0 saturated heterocycles. The largest absolute Gasteiger partial charge is 0.445 e. The van der Waals surface area contributed by atoms with Gasteiger partial charge < -0.3 is 26.0 Å². The van der Waals surface area contributed by atoms with Crippen molar-refractivity contribution in [1.29, 1.82) is 0 Å². The third-order valence-corrected chi connectivity index (χ3v) is 3.64. The summed E-state index contributed by atoms with van der Waals surface area (Å²) >= 11 is 5.85. The molecule has 0 aliphatic rings. The first kappa shape index (κ1) is 18.1. The molecule has 0 radical (unpaired) electrons. The van der Waals surface area contributed by atoms with Crippen molar-refractivity contribution < 1.29 is 19.7 Å². The number of nitrogens with one attached hydrogen (secondary N) is 1. The highest BCUT2D eigenvalue weighted by atomic mass is 35.5. The molecule has 7 heteroatoms. The van der Waals surface area contributed by atoms with Crippen molar-refractivity contribution in [2.24, 2.45) is 0 Å². The lowest BCUT2D eigenvalue weighted by atomic mass is 10.0. The van der Waals surface area contributed by atoms with Crippen molar-refractivity contribution in [2.75, 3.05) is 12.3 Å². The quantitative estimate of drug-likeness (QED) is 0.598. The number of nitrogens with two attached hydrogens (primary N) is 1. The summed E-state index contributed by atoms with van der Waals surface area (Å²) in [6, 6.07) is 13.8. The van der Waals surface area contributed by atoms with Crippen LogP contribution in [0.3, 0.4) is 0 Å². The average molecular weight is 351 g/mol. The lowest BCUT2D eigenvalue weighted by Crippen LogP contribution is -2.36. The number of hydrogen-bond donors (Lipinski definition) is 4. The summed E-state index contributed by atoms with van der Waals surface area (Å²) in [5.41, 5.74) is 7.21. The minimum Gasteiger partial charge on any atom is -0.445 e. The fourth-order valence-corrected chi connectivity index (χ4v) is 2.26. The molecule has 2 atom stereocenters. The van der Waals surface area contributed by atoms with Crippen LogP contribution in [0.25, 0.3) is 0 Å². The van der Waals surface area contributed by atoms with Crippen molar-refractivity contribution in [3.63, 3.8) is 0 Å². The first-order valence-corrected chi connectivity index (χ1v) is 7.71. The fraction of sp³-hybridized carbons (Fsp3) is 0.235. The third kappa shape index (κ3) is 5.13. The monoisotopic (exact) mass is 350 g/mol. The van der Waals surface area contributed by atoms with Gasteiger partial charge in [0.2, 0.25) is 0 Å². The highest BCUT2D eigenvalue weighted by molar-refractivity contribution is 6.30. The number of benzene rings is 2. The smallest absolute Gasteiger partial charge is 0.407 e. The third-order valence-electron chi connectivity index (χ3n) is 3.40. The standard InChI is InChI=1S/C17H19ClN2O4/c18-12-6-7-14(19)13(8-12)16(22)15(21)9-20-17(23)24-10-11-4-2-1-3-5-11/h1-8,15-16,21-22H,9-10,19H2,(H,20,23). The lowest BCUT2D eigenvalue weighted by molar-refractivity contribution is 0.0188. The molecule has 24 heavy (non-hydrogen) atoms. The molecule has 0 bridgehead atoms. The molecule has 0 aliphatic carbocycles. The van der Waals surface area contributed by atoms with Gasteiger partial charge in [-0.2, -0.15) is 0 Å². The van der Waals surface area contributed by atoms with E-state index in [1.165, 1.54) is 12.1 Å². The molecule has 2 aromatic carbocycles. The molecular formula is C17H19ClN2O4. The minimum atomic E-state index is -1.28. The zero-order valence-electron chi connectivity index (χ0n) is 12.9. The Morgan fingerprint density at radius 2 is 1.92 bits per heavy atom. The SMILES string of the molecule is Nc1ccc(Cl)cc1C(O)C(O)CNC(=O)OCc1ccccc1. The maximum atomic E-state index is 11.6. The van der Waals surface area contributed by atoms with E-state index in [-0.39, 0.29) is 13.2 Å². The van der Waals surface area contributed by atoms with Crippen LogP contribution in [0.5, 0.6) is 0 Å². The number of aliphatic hydroxyl groups is 2. The van der Waals surface area contributed by atoms with Gasteiger partial charge in [0.05, 0.1) is 0 Å². The summed E-state index contributed by atoms with van der Waals surface area (Å²) in [5, 5.41) is 22.9. The molecule has 2 unspecified atom stereocenters. The summed E-state index contributed by atoms with van der Waals surface area (Å²) in [5.74, 6) is 0. The first-order valence-electron chi connectivity index (χ1n) is 7.33. The van der Waals surface area contributed by atoms with Crippen LogP contribution in [0, 0.1) is 0 Å². The summed E-state index contributed by atoms with van der Waals surface area (Å²) in [7, 11) is 0. The van der Waals surface area contributed by atoms with E-state index in [9.17, 15) is 15.0 Å². The number of ether oxygens (including phenoxy) is 1. The van der Waals surface area contributed by atoms with E-state index < -0.39 is 18.3 Å². The number of carbonyl (C=O) groups excluding carboxylic acids is 1. The van der Waals surface area contributed by atoms with Crippen LogP contribution in [0.1, 0.15) is 17.2 Å². The summed E-state index contributed by atoms with van der Waals surface area (Å²) in [6.07, 6.45) is -3.22. The Morgan fingerprint density at radius 3 is 2.62 bits per heavy atom. The Kier molecular flexibility index (Phi) is 6.43. The minimum absolute atomic E-state index is 0.118. The Bertz CT molecular complexity index is 682. The Balaban J connectivity index is 1.82. The highest BCUT2D eigenvalue weighted by Crippen LogP contribution is 2.26. The topological polar surface area (TPSA) is 105 Å². The zero-order valence-corrected chi connectivity index (χ0v) is 13.6. The second kappa shape index (κ2) is 8.54. The number of halogens is 1. The van der Waals surface area contributed by atoms with Crippen molar-refractivity contribution in [2.45, 2.75) is 18.8 Å². The van der Waals surface area contributed by atoms with E-state index in [2.05, 4.69) is 5.32 Å². The number of aliphatic hydroxyl groups excluding tert-OH is 2. The van der Waals surface area contributed by atoms with Gasteiger partial charge in [-0.3, -0.25) is 0 Å². The molecule has 2 aromatic rings. The molecule has 5 N–H and O–H groups in total. The second-order valence-corrected chi connectivity index (χ2v) is 5.66. The number of hydrogen-bond acceptors (Lipinski definition) is 5. The molecule has 2 rings (SSSR count). The van der Waals surface area contributed by atoms with Crippen molar-refractivity contribution in [3.05, 3.63) is 64.7 Å². The Morgan fingerprint density at radius 1 is 1.21 bits per heavy atom. The predicted octanol–water partition coefficient (Wildman–Crippen LogP) is 2.24. The van der Waals surface area contributed by atoms with Crippen LogP contribution >= 0.6 is 11.6 Å². The number of carbonyl (C=O) groups is 1. The van der Waals surface area contributed by atoms with Gasteiger partial charge in [-0.05, 0) is 23.8 Å². The van der Waals surface area contributed by atoms with E-state index >= 15 is 0 Å². The van der Waals surface area contributed by atoms with E-state index in [0.717, 1.165) is 5.56 Å². The van der Waals surface area contributed by atoms with Crippen molar-refractivity contribution in [3.8, 4) is 0 Å². The Hall–Kier alpha value is -2.28. The summed E-state index contributed by atoms with van der Waals surface area (Å²) < 4.78 is 5.02. The Labute approximate surface area is 144 Å². The van der Waals surface area contributed by atoms with Gasteiger partial charge >= 0.3 is 6.09 Å². The van der Waals surface area contributed by atoms with Crippen molar-refractivity contribution in [1.82, 2.24) is 5.32 Å². The van der Waals surface area contributed by atoms with Crippen LogP contribution < -0.4 is 11.1 Å².